The fourth-order valence-corrected chi connectivity index (χ4v) is 4.27. The van der Waals surface area contributed by atoms with Gasteiger partial charge in [0.25, 0.3) is 0 Å². The topological polar surface area (TPSA) is 64.2 Å². The lowest BCUT2D eigenvalue weighted by atomic mass is 9.98. The van der Waals surface area contributed by atoms with E-state index in [4.69, 9.17) is 17.3 Å². The highest BCUT2D eigenvalue weighted by Gasteiger charge is 2.41. The summed E-state index contributed by atoms with van der Waals surface area (Å²) < 4.78 is 55.1. The molecule has 1 aliphatic heterocycles. The van der Waals surface area contributed by atoms with Gasteiger partial charge in [-0.1, -0.05) is 11.6 Å². The second-order valence-corrected chi connectivity index (χ2v) is 8.37. The number of hydrogen-bond donors (Lipinski definition) is 1. The minimum atomic E-state index is -4.62. The molecule has 2 N–H and O–H groups in total. The van der Waals surface area contributed by atoms with E-state index in [-0.39, 0.29) is 12.5 Å². The van der Waals surface area contributed by atoms with Crippen molar-refractivity contribution >= 4 is 17.5 Å². The van der Waals surface area contributed by atoms with Crippen molar-refractivity contribution in [2.75, 3.05) is 6.54 Å². The summed E-state index contributed by atoms with van der Waals surface area (Å²) in [5.74, 6) is -1.06. The molecule has 0 unspecified atom stereocenters. The molecule has 1 amide bonds. The van der Waals surface area contributed by atoms with Crippen LogP contribution >= 0.6 is 11.6 Å². The third-order valence-electron chi connectivity index (χ3n) is 5.70. The number of benzene rings is 1. The Hall–Kier alpha value is -2.13. The highest BCUT2D eigenvalue weighted by Crippen LogP contribution is 2.42. The van der Waals surface area contributed by atoms with Crippen LogP contribution in [0.5, 0.6) is 0 Å². The number of carbonyl (C=O) groups is 1. The number of amides is 1. The molecule has 5 nitrogen and oxygen atoms in total. The highest BCUT2D eigenvalue weighted by atomic mass is 35.5. The maximum Gasteiger partial charge on any atom is 0.433 e. The summed E-state index contributed by atoms with van der Waals surface area (Å²) in [6, 6.07) is 2.30. The first-order chi connectivity index (χ1) is 14.1. The third kappa shape index (κ3) is 3.92. The molecule has 1 saturated heterocycles. The molecule has 1 aromatic heterocycles. The monoisotopic (exact) mass is 444 g/mol. The van der Waals surface area contributed by atoms with Crippen LogP contribution in [-0.4, -0.2) is 33.2 Å². The van der Waals surface area contributed by atoms with Gasteiger partial charge in [-0.05, 0) is 55.5 Å². The van der Waals surface area contributed by atoms with E-state index >= 15 is 0 Å². The van der Waals surface area contributed by atoms with Crippen LogP contribution in [-0.2, 0) is 17.5 Å². The number of nitrogens with zero attached hydrogens (tertiary/aromatic N) is 3. The van der Waals surface area contributed by atoms with Crippen molar-refractivity contribution in [3.05, 3.63) is 51.6 Å². The average molecular weight is 445 g/mol. The van der Waals surface area contributed by atoms with Crippen molar-refractivity contribution < 1.29 is 22.4 Å². The maximum absolute atomic E-state index is 14.0. The predicted molar refractivity (Wildman–Crippen MR) is 102 cm³/mol. The van der Waals surface area contributed by atoms with E-state index in [9.17, 15) is 22.4 Å². The predicted octanol–water partition coefficient (Wildman–Crippen LogP) is 4.18. The minimum absolute atomic E-state index is 0.0180. The van der Waals surface area contributed by atoms with Gasteiger partial charge < -0.3 is 10.6 Å². The summed E-state index contributed by atoms with van der Waals surface area (Å²) in [4.78, 5) is 14.4. The molecule has 2 fully saturated rings. The zero-order valence-corrected chi connectivity index (χ0v) is 17.0. The van der Waals surface area contributed by atoms with Crippen LogP contribution in [0.25, 0.3) is 0 Å². The molecule has 0 bridgehead atoms. The van der Waals surface area contributed by atoms with Gasteiger partial charge in [0.15, 0.2) is 0 Å². The Balaban J connectivity index is 1.64. The van der Waals surface area contributed by atoms with Gasteiger partial charge in [-0.3, -0.25) is 9.48 Å². The summed E-state index contributed by atoms with van der Waals surface area (Å²) >= 11 is 6.34. The van der Waals surface area contributed by atoms with Gasteiger partial charge in [-0.2, -0.15) is 18.3 Å². The van der Waals surface area contributed by atoms with Gasteiger partial charge in [0.2, 0.25) is 5.91 Å². The van der Waals surface area contributed by atoms with Crippen LogP contribution in [0.2, 0.25) is 5.02 Å². The highest BCUT2D eigenvalue weighted by molar-refractivity contribution is 6.32. The first-order valence-electron chi connectivity index (χ1n) is 9.71. The molecule has 1 saturated carbocycles. The van der Waals surface area contributed by atoms with Crippen LogP contribution in [0.4, 0.5) is 17.6 Å². The molecule has 30 heavy (non-hydrogen) atoms. The van der Waals surface area contributed by atoms with Gasteiger partial charge in [-0.25, -0.2) is 4.39 Å². The Bertz CT molecular complexity index is 986. The molecule has 2 atom stereocenters. The van der Waals surface area contributed by atoms with Crippen LogP contribution in [0.1, 0.15) is 53.7 Å². The molecule has 10 heteroatoms. The van der Waals surface area contributed by atoms with Crippen molar-refractivity contribution in [1.29, 1.82) is 0 Å². The number of aryl methyl sites for hydroxylation is 1. The fraction of sp³-hybridized carbons (Fsp3) is 0.500. The zero-order chi connectivity index (χ0) is 21.8. The first-order valence-corrected chi connectivity index (χ1v) is 10.1. The Kier molecular flexibility index (Phi) is 5.30. The summed E-state index contributed by atoms with van der Waals surface area (Å²) in [7, 11) is 0. The van der Waals surface area contributed by atoms with Crippen LogP contribution < -0.4 is 5.73 Å². The molecule has 4 rings (SSSR count). The third-order valence-corrected chi connectivity index (χ3v) is 6.22. The second kappa shape index (κ2) is 7.53. The lowest BCUT2D eigenvalue weighted by Crippen LogP contribution is -2.38. The van der Waals surface area contributed by atoms with Crippen molar-refractivity contribution in [1.82, 2.24) is 14.7 Å². The summed E-state index contributed by atoms with van der Waals surface area (Å²) in [6.45, 7) is 1.31. The Morgan fingerprint density at radius 3 is 2.60 bits per heavy atom. The maximum atomic E-state index is 14.0. The van der Waals surface area contributed by atoms with Crippen LogP contribution in [0, 0.1) is 12.7 Å². The number of nitrogens with two attached hydrogens (primary N) is 1. The molecular weight excluding hydrogens is 424 g/mol. The fourth-order valence-electron chi connectivity index (χ4n) is 4.04. The number of alkyl halides is 3. The number of likely N-dealkylation sites (tertiary alicyclic amines) is 1. The van der Waals surface area contributed by atoms with Crippen LogP contribution in [0.15, 0.2) is 18.2 Å². The van der Waals surface area contributed by atoms with Crippen molar-refractivity contribution in [3.63, 3.8) is 0 Å². The van der Waals surface area contributed by atoms with Crippen LogP contribution in [0.3, 0.4) is 0 Å². The Morgan fingerprint density at radius 1 is 1.27 bits per heavy atom. The molecule has 2 aliphatic rings. The number of rotatable bonds is 4. The van der Waals surface area contributed by atoms with Gasteiger partial charge >= 0.3 is 6.18 Å². The quantitative estimate of drug-likeness (QED) is 0.719. The number of aromatic nitrogens is 2. The van der Waals surface area contributed by atoms with Crippen molar-refractivity contribution in [2.45, 2.75) is 56.9 Å². The van der Waals surface area contributed by atoms with Gasteiger partial charge in [0.05, 0.1) is 11.7 Å². The summed E-state index contributed by atoms with van der Waals surface area (Å²) in [5, 5.41) is 4.34. The van der Waals surface area contributed by atoms with E-state index < -0.39 is 42.2 Å². The van der Waals surface area contributed by atoms with Crippen molar-refractivity contribution in [2.24, 2.45) is 5.73 Å². The van der Waals surface area contributed by atoms with Gasteiger partial charge in [0, 0.05) is 23.5 Å². The number of hydrogen-bond acceptors (Lipinski definition) is 3. The average Bonchev–Trinajstić information content (AvgIpc) is 3.29. The molecular formula is C20H21ClF4N4O. The lowest BCUT2D eigenvalue weighted by Gasteiger charge is -2.29. The first kappa shape index (κ1) is 21.1. The summed E-state index contributed by atoms with van der Waals surface area (Å²) in [6.07, 6.45) is -2.60. The standard InChI is InChI=1S/C20H21ClF4N4O/c1-10-6-12(22)7-13(18(10)21)19-14(26)4-5-28(19)17(30)9-29-16(20(23,24)25)8-15(27-29)11-2-3-11/h6-8,11,14,19H,2-5,9,26H2,1H3/t14-,19-/m1/s1. The van der Waals surface area contributed by atoms with Crippen molar-refractivity contribution in [3.8, 4) is 0 Å². The molecule has 0 radical (unpaired) electrons. The minimum Gasteiger partial charge on any atom is -0.332 e. The molecule has 2 heterocycles. The summed E-state index contributed by atoms with van der Waals surface area (Å²) in [5.41, 5.74) is 6.45. The normalized spacial score (nSPS) is 22.0. The number of carbonyl (C=O) groups excluding carboxylic acids is 1. The molecule has 2 aromatic rings. The molecule has 162 valence electrons. The Morgan fingerprint density at radius 2 is 1.97 bits per heavy atom. The van der Waals surface area contributed by atoms with E-state index in [0.29, 0.717) is 28.3 Å². The molecule has 1 aliphatic carbocycles. The van der Waals surface area contributed by atoms with E-state index in [1.165, 1.54) is 17.0 Å². The van der Waals surface area contributed by atoms with E-state index in [1.54, 1.807) is 6.92 Å². The SMILES string of the molecule is Cc1cc(F)cc([C@@H]2[C@H](N)CCN2C(=O)Cn2nc(C3CC3)cc2C(F)(F)F)c1Cl. The lowest BCUT2D eigenvalue weighted by molar-refractivity contribution is -0.146. The number of halogens is 5. The van der Waals surface area contributed by atoms with E-state index in [0.717, 1.165) is 23.6 Å². The molecule has 1 aromatic carbocycles. The Labute approximate surface area is 175 Å². The van der Waals surface area contributed by atoms with E-state index in [2.05, 4.69) is 5.10 Å². The van der Waals surface area contributed by atoms with E-state index in [1.807, 2.05) is 0 Å². The second-order valence-electron chi connectivity index (χ2n) is 7.99. The molecule has 0 spiro atoms. The van der Waals surface area contributed by atoms with Gasteiger partial charge in [0.1, 0.15) is 18.1 Å². The smallest absolute Gasteiger partial charge is 0.332 e. The largest absolute Gasteiger partial charge is 0.433 e. The van der Waals surface area contributed by atoms with Gasteiger partial charge in [-0.15, -0.1) is 0 Å². The zero-order valence-electron chi connectivity index (χ0n) is 16.2.